The average Bonchev–Trinajstić information content (AvgIpc) is 3.04. The summed E-state index contributed by atoms with van der Waals surface area (Å²) in [4.78, 5) is 29.2. The monoisotopic (exact) mass is 668 g/mol. The highest BCUT2D eigenvalue weighted by Crippen LogP contribution is 2.35. The fourth-order valence-corrected chi connectivity index (χ4v) is 5.64. The molecule has 4 heterocycles. The second kappa shape index (κ2) is 15.2. The van der Waals surface area contributed by atoms with Gasteiger partial charge in [-0.1, -0.05) is 13.8 Å². The Morgan fingerprint density at radius 3 is 1.89 bits per heavy atom. The molecule has 46 heavy (non-hydrogen) atoms. The number of hydrogen-bond acceptors (Lipinski definition) is 11. The number of phenols is 1. The molecule has 2 fully saturated rings. The molecule has 2 aliphatic heterocycles. The van der Waals surface area contributed by atoms with Gasteiger partial charge in [0.25, 0.3) is 11.1 Å². The van der Waals surface area contributed by atoms with E-state index in [1.54, 1.807) is 7.05 Å². The maximum atomic E-state index is 12.8. The largest absolute Gasteiger partial charge is 0.507 e. The Kier molecular flexibility index (Phi) is 11.6. The summed E-state index contributed by atoms with van der Waals surface area (Å²) in [7, 11) is 3.03. The van der Waals surface area contributed by atoms with E-state index in [0.29, 0.717) is 6.07 Å². The number of phenolic OH excluding ortho intramolecular Hbond substituents is 1. The molecule has 0 aliphatic carbocycles. The molecular formula is C29H40ClF3N10O3. The summed E-state index contributed by atoms with van der Waals surface area (Å²) in [6.07, 6.45) is -0.482. The van der Waals surface area contributed by atoms with E-state index < -0.39 is 23.0 Å². The van der Waals surface area contributed by atoms with Gasteiger partial charge >= 0.3 is 6.18 Å². The molecule has 252 valence electrons. The molecule has 2 saturated heterocycles. The zero-order chi connectivity index (χ0) is 33.6. The van der Waals surface area contributed by atoms with Gasteiger partial charge in [0.1, 0.15) is 5.75 Å². The standard InChI is InChI=1S/C18H22F3N5O2.C11H18ClN5O/c1-3-26-8-4-5-12(10-26)22-15-17(28)25(2)16(24-23-15)13-7-6-11(9-14(13)27)18(19,20)21;1-3-17-6-4-5-8(7-17)13-9-10(18)16(2)11(12)15-14-9/h6-7,9,12,27H,3-5,8,10H2,1-2H3,(H,22,23);8H,3-7H2,1-2H3,(H,13,14)/t12-;8-/m11/s1. The molecule has 0 spiro atoms. The first-order chi connectivity index (χ1) is 21.8. The Labute approximate surface area is 269 Å². The summed E-state index contributed by atoms with van der Waals surface area (Å²) in [5.74, 6) is -0.267. The first kappa shape index (κ1) is 35.1. The maximum Gasteiger partial charge on any atom is 0.416 e. The van der Waals surface area contributed by atoms with Gasteiger partial charge in [-0.25, -0.2) is 0 Å². The van der Waals surface area contributed by atoms with E-state index in [0.717, 1.165) is 81.7 Å². The number of benzene rings is 1. The van der Waals surface area contributed by atoms with Crippen molar-refractivity contribution in [3.8, 4) is 17.1 Å². The molecule has 3 aromatic rings. The van der Waals surface area contributed by atoms with Crippen LogP contribution in [0.3, 0.4) is 0 Å². The first-order valence-electron chi connectivity index (χ1n) is 15.2. The number of nitrogens with one attached hydrogen (secondary N) is 2. The van der Waals surface area contributed by atoms with Crippen LogP contribution in [-0.4, -0.2) is 95.8 Å². The number of aromatic nitrogens is 6. The fraction of sp³-hybridized carbons (Fsp3) is 0.586. The Morgan fingerprint density at radius 1 is 0.870 bits per heavy atom. The lowest BCUT2D eigenvalue weighted by Crippen LogP contribution is -2.43. The number of piperidine rings is 2. The van der Waals surface area contributed by atoms with Crippen molar-refractivity contribution in [1.29, 1.82) is 0 Å². The molecule has 1 aromatic carbocycles. The van der Waals surface area contributed by atoms with Crippen LogP contribution < -0.4 is 21.8 Å². The van der Waals surface area contributed by atoms with Crippen molar-refractivity contribution < 1.29 is 18.3 Å². The van der Waals surface area contributed by atoms with Crippen LogP contribution in [0, 0.1) is 0 Å². The lowest BCUT2D eigenvalue weighted by molar-refractivity contribution is -0.137. The number of hydrogen-bond donors (Lipinski definition) is 3. The van der Waals surface area contributed by atoms with Gasteiger partial charge < -0.3 is 25.5 Å². The molecule has 0 amide bonds. The molecular weight excluding hydrogens is 629 g/mol. The molecule has 0 saturated carbocycles. The third-order valence-electron chi connectivity index (χ3n) is 8.24. The van der Waals surface area contributed by atoms with Gasteiger partial charge in [0.2, 0.25) is 16.9 Å². The molecule has 5 rings (SSSR count). The highest BCUT2D eigenvalue weighted by Gasteiger charge is 2.31. The summed E-state index contributed by atoms with van der Waals surface area (Å²) >= 11 is 5.73. The summed E-state index contributed by atoms with van der Waals surface area (Å²) in [6, 6.07) is 2.83. The number of anilines is 2. The molecule has 2 aromatic heterocycles. The average molecular weight is 669 g/mol. The Balaban J connectivity index is 0.000000230. The predicted molar refractivity (Wildman–Crippen MR) is 169 cm³/mol. The van der Waals surface area contributed by atoms with E-state index in [4.69, 9.17) is 11.6 Å². The van der Waals surface area contributed by atoms with Crippen LogP contribution in [0.2, 0.25) is 5.28 Å². The second-order valence-corrected chi connectivity index (χ2v) is 11.7. The van der Waals surface area contributed by atoms with Crippen molar-refractivity contribution in [2.24, 2.45) is 14.1 Å². The summed E-state index contributed by atoms with van der Waals surface area (Å²) in [6.45, 7) is 10.0. The van der Waals surface area contributed by atoms with Crippen LogP contribution in [0.1, 0.15) is 45.1 Å². The Morgan fingerprint density at radius 2 is 1.39 bits per heavy atom. The molecule has 0 radical (unpaired) electrons. The number of alkyl halides is 3. The smallest absolute Gasteiger partial charge is 0.416 e. The van der Waals surface area contributed by atoms with E-state index in [-0.39, 0.29) is 46.0 Å². The van der Waals surface area contributed by atoms with Crippen LogP contribution in [0.15, 0.2) is 27.8 Å². The summed E-state index contributed by atoms with van der Waals surface area (Å²) in [5, 5.41) is 31.9. The minimum atomic E-state index is -4.58. The highest BCUT2D eigenvalue weighted by atomic mass is 35.5. The number of aromatic hydroxyl groups is 1. The number of nitrogens with zero attached hydrogens (tertiary/aromatic N) is 8. The van der Waals surface area contributed by atoms with Gasteiger partial charge in [-0.2, -0.15) is 13.2 Å². The second-order valence-electron chi connectivity index (χ2n) is 11.4. The van der Waals surface area contributed by atoms with Crippen molar-refractivity contribution in [2.45, 2.75) is 57.8 Å². The SMILES string of the molecule is CCN1CCC[C@@H](Nc2nnc(-c3ccc(C(F)(F)F)cc3O)n(C)c2=O)C1.CCN1CCC[C@@H](Nc2nnc(Cl)n(C)c2=O)C1. The Bertz CT molecular complexity index is 1620. The molecule has 0 unspecified atom stereocenters. The van der Waals surface area contributed by atoms with Gasteiger partial charge in [-0.05, 0) is 81.7 Å². The van der Waals surface area contributed by atoms with Gasteiger partial charge in [0.05, 0.1) is 11.1 Å². The zero-order valence-corrected chi connectivity index (χ0v) is 27.1. The van der Waals surface area contributed by atoms with Crippen molar-refractivity contribution in [2.75, 3.05) is 49.9 Å². The minimum Gasteiger partial charge on any atom is -0.507 e. The third-order valence-corrected chi connectivity index (χ3v) is 8.57. The van der Waals surface area contributed by atoms with E-state index >= 15 is 0 Å². The number of likely N-dealkylation sites (tertiary alicyclic amines) is 2. The van der Waals surface area contributed by atoms with E-state index in [1.165, 1.54) is 11.6 Å². The van der Waals surface area contributed by atoms with Crippen molar-refractivity contribution in [3.63, 3.8) is 0 Å². The topological polar surface area (TPSA) is 146 Å². The van der Waals surface area contributed by atoms with Crippen LogP contribution in [0.4, 0.5) is 24.8 Å². The predicted octanol–water partition coefficient (Wildman–Crippen LogP) is 3.19. The zero-order valence-electron chi connectivity index (χ0n) is 26.3. The van der Waals surface area contributed by atoms with Crippen molar-refractivity contribution >= 4 is 23.2 Å². The summed E-state index contributed by atoms with van der Waals surface area (Å²) in [5.41, 5.74) is -1.68. The van der Waals surface area contributed by atoms with Gasteiger partial charge in [-0.3, -0.25) is 18.7 Å². The fourth-order valence-electron chi connectivity index (χ4n) is 5.53. The van der Waals surface area contributed by atoms with E-state index in [9.17, 15) is 27.9 Å². The molecule has 3 N–H and O–H groups in total. The molecule has 2 atom stereocenters. The van der Waals surface area contributed by atoms with Crippen molar-refractivity contribution in [3.05, 3.63) is 49.8 Å². The van der Waals surface area contributed by atoms with E-state index in [1.807, 2.05) is 0 Å². The van der Waals surface area contributed by atoms with Crippen LogP contribution in [0.25, 0.3) is 11.4 Å². The van der Waals surface area contributed by atoms with Crippen LogP contribution in [0.5, 0.6) is 5.75 Å². The third kappa shape index (κ3) is 8.53. The maximum absolute atomic E-state index is 12.8. The van der Waals surface area contributed by atoms with Crippen LogP contribution in [-0.2, 0) is 20.3 Å². The lowest BCUT2D eigenvalue weighted by Gasteiger charge is -2.32. The molecule has 17 heteroatoms. The highest BCUT2D eigenvalue weighted by molar-refractivity contribution is 6.28. The number of rotatable bonds is 7. The molecule has 2 aliphatic rings. The van der Waals surface area contributed by atoms with Gasteiger partial charge in [-0.15, -0.1) is 20.4 Å². The first-order valence-corrected chi connectivity index (χ1v) is 15.6. The lowest BCUT2D eigenvalue weighted by atomic mass is 10.1. The van der Waals surface area contributed by atoms with Gasteiger partial charge in [0, 0.05) is 39.3 Å². The number of halogens is 4. The van der Waals surface area contributed by atoms with Gasteiger partial charge in [0.15, 0.2) is 5.82 Å². The van der Waals surface area contributed by atoms with E-state index in [2.05, 4.69) is 54.7 Å². The van der Waals surface area contributed by atoms with Crippen LogP contribution >= 0.6 is 11.6 Å². The molecule has 0 bridgehead atoms. The summed E-state index contributed by atoms with van der Waals surface area (Å²) < 4.78 is 40.8. The molecule has 13 nitrogen and oxygen atoms in total. The Hall–Kier alpha value is -3.76. The number of likely N-dealkylation sites (N-methyl/N-ethyl adjacent to an activating group) is 2. The minimum absolute atomic E-state index is 0.00137. The quantitative estimate of drug-likeness (QED) is 0.341. The normalized spacial score (nSPS) is 19.3. The van der Waals surface area contributed by atoms with Crippen molar-refractivity contribution in [1.82, 2.24) is 39.3 Å².